The van der Waals surface area contributed by atoms with Gasteiger partial charge < -0.3 is 10.4 Å². The molecule has 0 aromatic carbocycles. The Hall–Kier alpha value is -0.0800. The molecule has 1 aliphatic carbocycles. The van der Waals surface area contributed by atoms with Crippen molar-refractivity contribution in [3.05, 3.63) is 0 Å². The summed E-state index contributed by atoms with van der Waals surface area (Å²) in [6, 6.07) is 0. The van der Waals surface area contributed by atoms with Crippen molar-refractivity contribution in [3.63, 3.8) is 0 Å². The molecule has 0 saturated heterocycles. The van der Waals surface area contributed by atoms with Gasteiger partial charge in [0.15, 0.2) is 0 Å². The van der Waals surface area contributed by atoms with Gasteiger partial charge >= 0.3 is 0 Å². The smallest absolute Gasteiger partial charge is 0.0616 e. The second-order valence-corrected chi connectivity index (χ2v) is 4.66. The summed E-state index contributed by atoms with van der Waals surface area (Å²) in [6.07, 6.45) is 4.97. The van der Waals surface area contributed by atoms with Crippen LogP contribution in [-0.4, -0.2) is 24.3 Å². The van der Waals surface area contributed by atoms with Crippen LogP contribution in [0, 0.1) is 11.8 Å². The van der Waals surface area contributed by atoms with Crippen molar-refractivity contribution in [3.8, 4) is 0 Å². The molecule has 0 spiro atoms. The van der Waals surface area contributed by atoms with Crippen LogP contribution in [0.25, 0.3) is 0 Å². The SMILES string of the molecule is CNC1(CO)CCCCC1C(C)C. The normalized spacial score (nSPS) is 35.3. The van der Waals surface area contributed by atoms with Crippen molar-refractivity contribution in [2.45, 2.75) is 45.1 Å². The molecule has 1 aliphatic rings. The van der Waals surface area contributed by atoms with Gasteiger partial charge in [0, 0.05) is 5.54 Å². The average molecular weight is 185 g/mol. The molecule has 2 heteroatoms. The van der Waals surface area contributed by atoms with Crippen molar-refractivity contribution >= 4 is 0 Å². The monoisotopic (exact) mass is 185 g/mol. The fraction of sp³-hybridized carbons (Fsp3) is 1.00. The summed E-state index contributed by atoms with van der Waals surface area (Å²) >= 11 is 0. The first-order valence-electron chi connectivity index (χ1n) is 5.46. The van der Waals surface area contributed by atoms with Crippen LogP contribution in [0.15, 0.2) is 0 Å². The molecule has 0 radical (unpaired) electrons. The summed E-state index contributed by atoms with van der Waals surface area (Å²) in [5.41, 5.74) is 0.00637. The molecule has 0 aromatic rings. The summed E-state index contributed by atoms with van der Waals surface area (Å²) in [6.45, 7) is 4.81. The second kappa shape index (κ2) is 4.43. The highest BCUT2D eigenvalue weighted by Crippen LogP contribution is 2.37. The molecule has 1 fully saturated rings. The van der Waals surface area contributed by atoms with Crippen molar-refractivity contribution in [1.82, 2.24) is 5.32 Å². The lowest BCUT2D eigenvalue weighted by Crippen LogP contribution is -2.55. The van der Waals surface area contributed by atoms with E-state index >= 15 is 0 Å². The Labute approximate surface area is 81.7 Å². The molecule has 78 valence electrons. The zero-order chi connectivity index (χ0) is 9.90. The molecule has 1 saturated carbocycles. The molecule has 2 N–H and O–H groups in total. The number of likely N-dealkylation sites (N-methyl/N-ethyl adjacent to an activating group) is 1. The molecule has 0 heterocycles. The maximum atomic E-state index is 9.50. The van der Waals surface area contributed by atoms with Gasteiger partial charge in [-0.05, 0) is 31.7 Å². The third-order valence-electron chi connectivity index (χ3n) is 3.68. The molecular formula is C11H23NO. The first-order valence-corrected chi connectivity index (χ1v) is 5.46. The minimum absolute atomic E-state index is 0.00637. The second-order valence-electron chi connectivity index (χ2n) is 4.66. The molecule has 2 atom stereocenters. The Bertz CT molecular complexity index is 152. The van der Waals surface area contributed by atoms with E-state index in [9.17, 15) is 5.11 Å². The summed E-state index contributed by atoms with van der Waals surface area (Å²) in [7, 11) is 1.98. The quantitative estimate of drug-likeness (QED) is 0.702. The van der Waals surface area contributed by atoms with Crippen LogP contribution in [0.2, 0.25) is 0 Å². The van der Waals surface area contributed by atoms with Gasteiger partial charge in [-0.2, -0.15) is 0 Å². The van der Waals surface area contributed by atoms with E-state index in [1.807, 2.05) is 7.05 Å². The number of aliphatic hydroxyl groups is 1. The van der Waals surface area contributed by atoms with E-state index < -0.39 is 0 Å². The molecule has 13 heavy (non-hydrogen) atoms. The minimum atomic E-state index is 0.00637. The molecule has 0 aromatic heterocycles. The van der Waals surface area contributed by atoms with E-state index in [0.717, 1.165) is 6.42 Å². The zero-order valence-electron chi connectivity index (χ0n) is 9.14. The van der Waals surface area contributed by atoms with Crippen molar-refractivity contribution in [2.75, 3.05) is 13.7 Å². The molecule has 2 unspecified atom stereocenters. The number of nitrogens with one attached hydrogen (secondary N) is 1. The number of aliphatic hydroxyl groups excluding tert-OH is 1. The van der Waals surface area contributed by atoms with E-state index in [4.69, 9.17) is 0 Å². The predicted octanol–water partition coefficient (Wildman–Crippen LogP) is 1.78. The van der Waals surface area contributed by atoms with Gasteiger partial charge in [0.25, 0.3) is 0 Å². The number of hydrogen-bond acceptors (Lipinski definition) is 2. The van der Waals surface area contributed by atoms with Gasteiger partial charge in [-0.25, -0.2) is 0 Å². The fourth-order valence-corrected chi connectivity index (χ4v) is 2.82. The maximum absolute atomic E-state index is 9.50. The Morgan fingerprint density at radius 1 is 1.46 bits per heavy atom. The number of hydrogen-bond donors (Lipinski definition) is 2. The van der Waals surface area contributed by atoms with Crippen LogP contribution in [-0.2, 0) is 0 Å². The van der Waals surface area contributed by atoms with Gasteiger partial charge in [-0.15, -0.1) is 0 Å². The molecule has 0 bridgehead atoms. The third kappa shape index (κ3) is 2.05. The van der Waals surface area contributed by atoms with E-state index in [0.29, 0.717) is 11.8 Å². The van der Waals surface area contributed by atoms with E-state index in [1.165, 1.54) is 19.3 Å². The summed E-state index contributed by atoms with van der Waals surface area (Å²) in [4.78, 5) is 0. The highest BCUT2D eigenvalue weighted by Gasteiger charge is 2.40. The van der Waals surface area contributed by atoms with Gasteiger partial charge in [0.05, 0.1) is 6.61 Å². The fourth-order valence-electron chi connectivity index (χ4n) is 2.82. The van der Waals surface area contributed by atoms with Crippen molar-refractivity contribution in [2.24, 2.45) is 11.8 Å². The minimum Gasteiger partial charge on any atom is -0.394 e. The van der Waals surface area contributed by atoms with Crippen LogP contribution < -0.4 is 5.32 Å². The topological polar surface area (TPSA) is 32.3 Å². The Balaban J connectivity index is 2.75. The predicted molar refractivity (Wildman–Crippen MR) is 55.7 cm³/mol. The van der Waals surface area contributed by atoms with Crippen LogP contribution in [0.3, 0.4) is 0 Å². The van der Waals surface area contributed by atoms with Gasteiger partial charge in [-0.3, -0.25) is 0 Å². The zero-order valence-corrected chi connectivity index (χ0v) is 9.14. The Morgan fingerprint density at radius 3 is 2.54 bits per heavy atom. The lowest BCUT2D eigenvalue weighted by molar-refractivity contribution is 0.0485. The van der Waals surface area contributed by atoms with Crippen LogP contribution in [0.5, 0.6) is 0 Å². The Kier molecular flexibility index (Phi) is 3.74. The summed E-state index contributed by atoms with van der Waals surface area (Å²) in [5.74, 6) is 1.30. The van der Waals surface area contributed by atoms with Gasteiger partial charge in [-0.1, -0.05) is 26.7 Å². The first kappa shape index (κ1) is 11.0. The summed E-state index contributed by atoms with van der Waals surface area (Å²) in [5, 5.41) is 12.8. The standard InChI is InChI=1S/C11H23NO/c1-9(2)10-6-4-5-7-11(10,8-13)12-3/h9-10,12-13H,4-8H2,1-3H3. The van der Waals surface area contributed by atoms with Crippen LogP contribution >= 0.6 is 0 Å². The molecular weight excluding hydrogens is 162 g/mol. The van der Waals surface area contributed by atoms with Crippen LogP contribution in [0.4, 0.5) is 0 Å². The highest BCUT2D eigenvalue weighted by molar-refractivity contribution is 4.96. The molecule has 2 nitrogen and oxygen atoms in total. The lowest BCUT2D eigenvalue weighted by Gasteiger charge is -2.45. The van der Waals surface area contributed by atoms with Gasteiger partial charge in [0.2, 0.25) is 0 Å². The van der Waals surface area contributed by atoms with Gasteiger partial charge in [0.1, 0.15) is 0 Å². The Morgan fingerprint density at radius 2 is 2.15 bits per heavy atom. The first-order chi connectivity index (χ1) is 6.16. The largest absolute Gasteiger partial charge is 0.394 e. The lowest BCUT2D eigenvalue weighted by atomic mass is 9.68. The number of rotatable bonds is 3. The maximum Gasteiger partial charge on any atom is 0.0616 e. The molecule has 1 rings (SSSR count). The van der Waals surface area contributed by atoms with E-state index in [2.05, 4.69) is 19.2 Å². The van der Waals surface area contributed by atoms with Crippen molar-refractivity contribution in [1.29, 1.82) is 0 Å². The van der Waals surface area contributed by atoms with Crippen molar-refractivity contribution < 1.29 is 5.11 Å². The van der Waals surface area contributed by atoms with Crippen LogP contribution in [0.1, 0.15) is 39.5 Å². The van der Waals surface area contributed by atoms with E-state index in [1.54, 1.807) is 0 Å². The molecule has 0 aliphatic heterocycles. The molecule has 0 amide bonds. The third-order valence-corrected chi connectivity index (χ3v) is 3.68. The summed E-state index contributed by atoms with van der Waals surface area (Å²) < 4.78 is 0. The highest BCUT2D eigenvalue weighted by atomic mass is 16.3. The average Bonchev–Trinajstić information content (AvgIpc) is 2.17. The van der Waals surface area contributed by atoms with E-state index in [-0.39, 0.29) is 12.1 Å².